The van der Waals surface area contributed by atoms with Crippen molar-refractivity contribution in [1.29, 1.82) is 0 Å². The molecule has 0 spiro atoms. The Balaban J connectivity index is 1.47. The van der Waals surface area contributed by atoms with Gasteiger partial charge >= 0.3 is 0 Å². The molecular weight excluding hydrogens is 432 g/mol. The summed E-state index contributed by atoms with van der Waals surface area (Å²) in [6.07, 6.45) is 3.68. The number of hydrogen-bond donors (Lipinski definition) is 0. The highest BCUT2D eigenvalue weighted by atomic mass is 32.2. The third-order valence-corrected chi connectivity index (χ3v) is 6.72. The number of aryl methyl sites for hydroxylation is 1. The summed E-state index contributed by atoms with van der Waals surface area (Å²) in [7, 11) is 3.20. The van der Waals surface area contributed by atoms with Crippen molar-refractivity contribution in [3.63, 3.8) is 0 Å². The second kappa shape index (κ2) is 9.11. The number of hydrogen-bond acceptors (Lipinski definition) is 6. The van der Waals surface area contributed by atoms with Crippen molar-refractivity contribution in [1.82, 2.24) is 4.90 Å². The third kappa shape index (κ3) is 4.45. The van der Waals surface area contributed by atoms with Gasteiger partial charge in [-0.25, -0.2) is 0 Å². The number of likely N-dealkylation sites (N-methyl/N-ethyl adjacent to an activating group) is 1. The fourth-order valence-corrected chi connectivity index (χ4v) is 4.78. The molecule has 1 saturated heterocycles. The van der Waals surface area contributed by atoms with Crippen molar-refractivity contribution in [2.75, 3.05) is 32.2 Å². The topological polar surface area (TPSA) is 59.1 Å². The van der Waals surface area contributed by atoms with E-state index in [0.717, 1.165) is 24.1 Å². The lowest BCUT2D eigenvalue weighted by molar-refractivity contribution is -0.121. The Morgan fingerprint density at radius 3 is 2.77 bits per heavy atom. The normalized spacial score (nSPS) is 17.2. The number of carbonyl (C=O) groups excluding carboxylic acids is 2. The highest BCUT2D eigenvalue weighted by molar-refractivity contribution is 8.26. The zero-order chi connectivity index (χ0) is 22.0. The van der Waals surface area contributed by atoms with Crippen LogP contribution in [-0.4, -0.2) is 48.3 Å². The fraction of sp³-hybridized carbons (Fsp3) is 0.261. The van der Waals surface area contributed by atoms with Gasteiger partial charge in [0.25, 0.3) is 11.8 Å². The SMILES string of the molecule is COc1cc(/C=C2/SC(=S)N(C)C2=O)ccc1OCC(=O)N1CCCc2ccccc21. The lowest BCUT2D eigenvalue weighted by Crippen LogP contribution is -2.38. The highest BCUT2D eigenvalue weighted by Gasteiger charge is 2.28. The van der Waals surface area contributed by atoms with E-state index in [1.54, 1.807) is 37.3 Å². The number of anilines is 1. The summed E-state index contributed by atoms with van der Waals surface area (Å²) in [6.45, 7) is 0.601. The summed E-state index contributed by atoms with van der Waals surface area (Å²) in [6, 6.07) is 13.3. The average Bonchev–Trinajstić information content (AvgIpc) is 3.03. The zero-order valence-corrected chi connectivity index (χ0v) is 18.9. The molecule has 2 aromatic rings. The first-order valence-corrected chi connectivity index (χ1v) is 11.1. The van der Waals surface area contributed by atoms with Crippen LogP contribution in [0.25, 0.3) is 6.08 Å². The molecule has 2 aliphatic rings. The minimum Gasteiger partial charge on any atom is -0.493 e. The van der Waals surface area contributed by atoms with Gasteiger partial charge in [0.15, 0.2) is 18.1 Å². The van der Waals surface area contributed by atoms with Crippen LogP contribution >= 0.6 is 24.0 Å². The molecule has 4 rings (SSSR count). The van der Waals surface area contributed by atoms with Crippen LogP contribution in [-0.2, 0) is 16.0 Å². The van der Waals surface area contributed by atoms with Gasteiger partial charge in [-0.3, -0.25) is 14.5 Å². The Labute approximate surface area is 190 Å². The van der Waals surface area contributed by atoms with E-state index < -0.39 is 0 Å². The Morgan fingerprint density at radius 2 is 2.03 bits per heavy atom. The smallest absolute Gasteiger partial charge is 0.265 e. The molecule has 0 aromatic heterocycles. The number of carbonyl (C=O) groups is 2. The Hall–Kier alpha value is -2.84. The molecule has 2 aromatic carbocycles. The molecule has 6 nitrogen and oxygen atoms in total. The van der Waals surface area contributed by atoms with E-state index >= 15 is 0 Å². The van der Waals surface area contributed by atoms with E-state index in [-0.39, 0.29) is 18.4 Å². The van der Waals surface area contributed by atoms with Crippen LogP contribution in [0, 0.1) is 0 Å². The molecule has 0 aliphatic carbocycles. The summed E-state index contributed by atoms with van der Waals surface area (Å²) in [5, 5.41) is 0. The standard InChI is InChI=1S/C23H22N2O4S2/c1-24-22(27)20(31-23(24)30)13-15-9-10-18(19(12-15)28-2)29-14-21(26)25-11-5-7-16-6-3-4-8-17(16)25/h3-4,6,8-10,12-13H,5,7,11,14H2,1-2H3/b20-13+. The molecule has 0 saturated carbocycles. The molecule has 8 heteroatoms. The Morgan fingerprint density at radius 1 is 1.23 bits per heavy atom. The summed E-state index contributed by atoms with van der Waals surface area (Å²) in [4.78, 5) is 28.8. The maximum atomic E-state index is 12.8. The van der Waals surface area contributed by atoms with Crippen LogP contribution in [0.5, 0.6) is 11.5 Å². The van der Waals surface area contributed by atoms with Gasteiger partial charge in [-0.15, -0.1) is 0 Å². The molecule has 2 heterocycles. The molecule has 160 valence electrons. The number of fused-ring (bicyclic) bond motifs is 1. The molecular formula is C23H22N2O4S2. The van der Waals surface area contributed by atoms with E-state index in [0.29, 0.717) is 27.3 Å². The van der Waals surface area contributed by atoms with Gasteiger partial charge in [0, 0.05) is 19.3 Å². The number of methoxy groups -OCH3 is 1. The number of nitrogens with zero attached hydrogens (tertiary/aromatic N) is 2. The van der Waals surface area contributed by atoms with E-state index in [9.17, 15) is 9.59 Å². The van der Waals surface area contributed by atoms with Crippen molar-refractivity contribution in [2.24, 2.45) is 0 Å². The van der Waals surface area contributed by atoms with E-state index in [1.807, 2.05) is 24.3 Å². The Bertz CT molecular complexity index is 1080. The monoisotopic (exact) mass is 454 g/mol. The van der Waals surface area contributed by atoms with E-state index in [4.69, 9.17) is 21.7 Å². The van der Waals surface area contributed by atoms with E-state index in [2.05, 4.69) is 6.07 Å². The number of ether oxygens (including phenoxy) is 2. The molecule has 0 radical (unpaired) electrons. The molecule has 2 amide bonds. The number of thiocarbonyl (C=S) groups is 1. The van der Waals surface area contributed by atoms with Crippen molar-refractivity contribution >= 4 is 51.9 Å². The number of benzene rings is 2. The first kappa shape index (κ1) is 21.4. The summed E-state index contributed by atoms with van der Waals surface area (Å²) in [5.41, 5.74) is 2.92. The predicted molar refractivity (Wildman–Crippen MR) is 127 cm³/mol. The maximum absolute atomic E-state index is 12.8. The van der Waals surface area contributed by atoms with E-state index in [1.165, 1.54) is 22.2 Å². The van der Waals surface area contributed by atoms with Gasteiger partial charge in [-0.2, -0.15) is 0 Å². The molecule has 0 unspecified atom stereocenters. The van der Waals surface area contributed by atoms with Crippen LogP contribution in [0.15, 0.2) is 47.4 Å². The summed E-state index contributed by atoms with van der Waals surface area (Å²) >= 11 is 6.43. The van der Waals surface area contributed by atoms with Crippen LogP contribution in [0.4, 0.5) is 5.69 Å². The first-order valence-electron chi connectivity index (χ1n) is 9.88. The quantitative estimate of drug-likeness (QED) is 0.505. The molecule has 1 fully saturated rings. The third-order valence-electron chi connectivity index (χ3n) is 5.23. The summed E-state index contributed by atoms with van der Waals surface area (Å²) in [5.74, 6) is 0.750. The maximum Gasteiger partial charge on any atom is 0.265 e. The minimum atomic E-state index is -0.123. The molecule has 0 bridgehead atoms. The number of rotatable bonds is 5. The van der Waals surface area contributed by atoms with Crippen LogP contribution in [0.3, 0.4) is 0 Å². The second-order valence-electron chi connectivity index (χ2n) is 7.22. The number of thioether (sulfide) groups is 1. The number of para-hydroxylation sites is 1. The molecule has 2 aliphatic heterocycles. The van der Waals surface area contributed by atoms with Gasteiger partial charge < -0.3 is 14.4 Å². The van der Waals surface area contributed by atoms with Crippen LogP contribution < -0.4 is 14.4 Å². The van der Waals surface area contributed by atoms with Crippen LogP contribution in [0.1, 0.15) is 17.5 Å². The van der Waals surface area contributed by atoms with Crippen molar-refractivity contribution in [3.8, 4) is 11.5 Å². The average molecular weight is 455 g/mol. The van der Waals surface area contributed by atoms with Crippen LogP contribution in [0.2, 0.25) is 0 Å². The minimum absolute atomic E-state index is 0.0848. The molecule has 0 atom stereocenters. The molecule has 31 heavy (non-hydrogen) atoms. The second-order valence-corrected chi connectivity index (χ2v) is 8.89. The number of amides is 2. The molecule has 0 N–H and O–H groups in total. The van der Waals surface area contributed by atoms with Gasteiger partial charge in [0.1, 0.15) is 4.32 Å². The fourth-order valence-electron chi connectivity index (χ4n) is 3.60. The van der Waals surface area contributed by atoms with Gasteiger partial charge in [0.05, 0.1) is 12.0 Å². The highest BCUT2D eigenvalue weighted by Crippen LogP contribution is 2.34. The predicted octanol–water partition coefficient (Wildman–Crippen LogP) is 3.88. The van der Waals surface area contributed by atoms with Crippen molar-refractivity contribution < 1.29 is 19.1 Å². The first-order chi connectivity index (χ1) is 15.0. The largest absolute Gasteiger partial charge is 0.493 e. The lowest BCUT2D eigenvalue weighted by atomic mass is 10.0. The van der Waals surface area contributed by atoms with Crippen molar-refractivity contribution in [3.05, 3.63) is 58.5 Å². The lowest BCUT2D eigenvalue weighted by Gasteiger charge is -2.29. The van der Waals surface area contributed by atoms with Gasteiger partial charge in [0.2, 0.25) is 0 Å². The van der Waals surface area contributed by atoms with Crippen molar-refractivity contribution in [2.45, 2.75) is 12.8 Å². The Kier molecular flexibility index (Phi) is 6.29. The summed E-state index contributed by atoms with van der Waals surface area (Å²) < 4.78 is 11.8. The van der Waals surface area contributed by atoms with Gasteiger partial charge in [-0.1, -0.05) is 48.2 Å². The van der Waals surface area contributed by atoms with Gasteiger partial charge in [-0.05, 0) is 48.2 Å². The zero-order valence-electron chi connectivity index (χ0n) is 17.3.